The number of anilines is 1. The standard InChI is InChI=1S/C20H28N2O2S/c1-15(2)18-8-12-20(13-9-18)25(23,24)21-16(3)14-17-6-10-19(11-7-17)22(4)5/h6-13,15-16,21H,14H2,1-5H3. The van der Waals surface area contributed by atoms with Crippen LogP contribution in [0.4, 0.5) is 5.69 Å². The molecular weight excluding hydrogens is 332 g/mol. The van der Waals surface area contributed by atoms with Gasteiger partial charge in [-0.1, -0.05) is 38.1 Å². The Labute approximate surface area is 151 Å². The lowest BCUT2D eigenvalue weighted by Crippen LogP contribution is -2.34. The number of benzene rings is 2. The molecule has 0 spiro atoms. The van der Waals surface area contributed by atoms with Gasteiger partial charge < -0.3 is 4.90 Å². The Morgan fingerprint density at radius 1 is 0.920 bits per heavy atom. The molecule has 136 valence electrons. The third kappa shape index (κ3) is 5.31. The predicted molar refractivity (Wildman–Crippen MR) is 105 cm³/mol. The van der Waals surface area contributed by atoms with Gasteiger partial charge in [-0.3, -0.25) is 0 Å². The van der Waals surface area contributed by atoms with Gasteiger partial charge in [0.2, 0.25) is 10.0 Å². The van der Waals surface area contributed by atoms with Gasteiger partial charge in [0.15, 0.2) is 0 Å². The Morgan fingerprint density at radius 3 is 1.96 bits per heavy atom. The first-order valence-electron chi connectivity index (χ1n) is 8.57. The molecule has 0 radical (unpaired) electrons. The lowest BCUT2D eigenvalue weighted by atomic mass is 10.0. The molecular formula is C20H28N2O2S. The molecule has 0 amide bonds. The Morgan fingerprint density at radius 2 is 1.48 bits per heavy atom. The van der Waals surface area contributed by atoms with Crippen molar-refractivity contribution >= 4 is 15.7 Å². The molecule has 0 aliphatic carbocycles. The zero-order chi connectivity index (χ0) is 18.6. The molecule has 0 fully saturated rings. The fourth-order valence-electron chi connectivity index (χ4n) is 2.69. The molecule has 4 nitrogen and oxygen atoms in total. The first kappa shape index (κ1) is 19.5. The third-order valence-electron chi connectivity index (χ3n) is 4.21. The molecule has 2 rings (SSSR count). The highest BCUT2D eigenvalue weighted by atomic mass is 32.2. The van der Waals surface area contributed by atoms with Crippen molar-refractivity contribution in [1.82, 2.24) is 4.72 Å². The van der Waals surface area contributed by atoms with Crippen LogP contribution in [-0.4, -0.2) is 28.6 Å². The average molecular weight is 361 g/mol. The highest BCUT2D eigenvalue weighted by Crippen LogP contribution is 2.18. The largest absolute Gasteiger partial charge is 0.378 e. The van der Waals surface area contributed by atoms with Gasteiger partial charge in [0.25, 0.3) is 0 Å². The summed E-state index contributed by atoms with van der Waals surface area (Å²) in [6, 6.07) is 15.1. The number of rotatable bonds is 7. The normalized spacial score (nSPS) is 13.0. The summed E-state index contributed by atoms with van der Waals surface area (Å²) in [5.74, 6) is 0.383. The Balaban J connectivity index is 2.04. The van der Waals surface area contributed by atoms with Crippen molar-refractivity contribution in [2.75, 3.05) is 19.0 Å². The third-order valence-corrected chi connectivity index (χ3v) is 5.81. The van der Waals surface area contributed by atoms with Gasteiger partial charge in [-0.15, -0.1) is 0 Å². The molecule has 0 aliphatic rings. The SMILES string of the molecule is CC(Cc1ccc(N(C)C)cc1)NS(=O)(=O)c1ccc(C(C)C)cc1. The molecule has 0 saturated carbocycles. The van der Waals surface area contributed by atoms with Crippen molar-refractivity contribution in [1.29, 1.82) is 0 Å². The summed E-state index contributed by atoms with van der Waals surface area (Å²) in [6.45, 7) is 6.07. The van der Waals surface area contributed by atoms with Crippen LogP contribution in [0.25, 0.3) is 0 Å². The van der Waals surface area contributed by atoms with Crippen LogP contribution in [0.3, 0.4) is 0 Å². The van der Waals surface area contributed by atoms with E-state index in [1.165, 1.54) is 0 Å². The molecule has 1 atom stereocenters. The zero-order valence-electron chi connectivity index (χ0n) is 15.7. The van der Waals surface area contributed by atoms with Gasteiger partial charge >= 0.3 is 0 Å². The van der Waals surface area contributed by atoms with E-state index in [9.17, 15) is 8.42 Å². The Hall–Kier alpha value is -1.85. The highest BCUT2D eigenvalue weighted by molar-refractivity contribution is 7.89. The van der Waals surface area contributed by atoms with Crippen molar-refractivity contribution in [3.63, 3.8) is 0 Å². The lowest BCUT2D eigenvalue weighted by Gasteiger charge is -2.16. The van der Waals surface area contributed by atoms with Crippen LogP contribution in [-0.2, 0) is 16.4 Å². The minimum Gasteiger partial charge on any atom is -0.378 e. The van der Waals surface area contributed by atoms with Crippen LogP contribution in [0, 0.1) is 0 Å². The van der Waals surface area contributed by atoms with Crippen molar-refractivity contribution in [2.45, 2.75) is 44.0 Å². The van der Waals surface area contributed by atoms with Crippen LogP contribution >= 0.6 is 0 Å². The number of nitrogens with zero attached hydrogens (tertiary/aromatic N) is 1. The molecule has 1 unspecified atom stereocenters. The monoisotopic (exact) mass is 360 g/mol. The minimum atomic E-state index is -3.50. The summed E-state index contributed by atoms with van der Waals surface area (Å²) in [4.78, 5) is 2.35. The van der Waals surface area contributed by atoms with Crippen molar-refractivity contribution < 1.29 is 8.42 Å². The van der Waals surface area contributed by atoms with E-state index in [-0.39, 0.29) is 6.04 Å². The number of hydrogen-bond donors (Lipinski definition) is 1. The van der Waals surface area contributed by atoms with Crippen LogP contribution in [0.1, 0.15) is 37.8 Å². The minimum absolute atomic E-state index is 0.181. The van der Waals surface area contributed by atoms with Crippen molar-refractivity contribution in [3.8, 4) is 0 Å². The van der Waals surface area contributed by atoms with Crippen LogP contribution in [0.5, 0.6) is 0 Å². The van der Waals surface area contributed by atoms with Gasteiger partial charge in [0.1, 0.15) is 0 Å². The predicted octanol–water partition coefficient (Wildman–Crippen LogP) is 3.79. The maximum absolute atomic E-state index is 12.5. The molecule has 2 aromatic carbocycles. The van der Waals surface area contributed by atoms with E-state index in [1.807, 2.05) is 62.3 Å². The van der Waals surface area contributed by atoms with Gasteiger partial charge in [-0.2, -0.15) is 0 Å². The molecule has 5 heteroatoms. The van der Waals surface area contributed by atoms with Gasteiger partial charge in [-0.25, -0.2) is 13.1 Å². The van der Waals surface area contributed by atoms with E-state index in [2.05, 4.69) is 18.6 Å². The molecule has 0 heterocycles. The first-order valence-corrected chi connectivity index (χ1v) is 10.1. The first-order chi connectivity index (χ1) is 11.7. The second kappa shape index (κ2) is 8.02. The summed E-state index contributed by atoms with van der Waals surface area (Å²) in [7, 11) is 0.491. The molecule has 0 aromatic heterocycles. The summed E-state index contributed by atoms with van der Waals surface area (Å²) in [5, 5.41) is 0. The van der Waals surface area contributed by atoms with Crippen LogP contribution in [0.15, 0.2) is 53.4 Å². The molecule has 0 aliphatic heterocycles. The van der Waals surface area contributed by atoms with E-state index < -0.39 is 10.0 Å². The number of nitrogens with one attached hydrogen (secondary N) is 1. The fourth-order valence-corrected chi connectivity index (χ4v) is 3.93. The van der Waals surface area contributed by atoms with Gasteiger partial charge in [0, 0.05) is 25.8 Å². The lowest BCUT2D eigenvalue weighted by molar-refractivity contribution is 0.559. The Bertz CT molecular complexity index is 779. The van der Waals surface area contributed by atoms with Crippen LogP contribution in [0.2, 0.25) is 0 Å². The topological polar surface area (TPSA) is 49.4 Å². The van der Waals surface area contributed by atoms with Gasteiger partial charge in [0.05, 0.1) is 4.90 Å². The fraction of sp³-hybridized carbons (Fsp3) is 0.400. The maximum atomic E-state index is 12.5. The van der Waals surface area contributed by atoms with Gasteiger partial charge in [-0.05, 0) is 54.7 Å². The van der Waals surface area contributed by atoms with Crippen molar-refractivity contribution in [3.05, 3.63) is 59.7 Å². The smallest absolute Gasteiger partial charge is 0.240 e. The number of sulfonamides is 1. The molecule has 0 saturated heterocycles. The molecule has 2 aromatic rings. The summed E-state index contributed by atoms with van der Waals surface area (Å²) >= 11 is 0. The highest BCUT2D eigenvalue weighted by Gasteiger charge is 2.17. The van der Waals surface area contributed by atoms with Crippen molar-refractivity contribution in [2.24, 2.45) is 0 Å². The maximum Gasteiger partial charge on any atom is 0.240 e. The summed E-state index contributed by atoms with van der Waals surface area (Å²) < 4.78 is 27.8. The number of hydrogen-bond acceptors (Lipinski definition) is 3. The summed E-state index contributed by atoms with van der Waals surface area (Å²) in [5.41, 5.74) is 3.37. The molecule has 1 N–H and O–H groups in total. The average Bonchev–Trinajstić information content (AvgIpc) is 2.54. The van der Waals surface area contributed by atoms with E-state index in [0.29, 0.717) is 17.2 Å². The van der Waals surface area contributed by atoms with Crippen LogP contribution < -0.4 is 9.62 Å². The Kier molecular flexibility index (Phi) is 6.25. The molecule has 25 heavy (non-hydrogen) atoms. The van der Waals surface area contributed by atoms with E-state index >= 15 is 0 Å². The second-order valence-electron chi connectivity index (χ2n) is 7.01. The quantitative estimate of drug-likeness (QED) is 0.817. The second-order valence-corrected chi connectivity index (χ2v) is 8.73. The van der Waals surface area contributed by atoms with E-state index in [1.54, 1.807) is 12.1 Å². The molecule has 0 bridgehead atoms. The van der Waals surface area contributed by atoms with E-state index in [4.69, 9.17) is 0 Å². The van der Waals surface area contributed by atoms with E-state index in [0.717, 1.165) is 16.8 Å². The summed E-state index contributed by atoms with van der Waals surface area (Å²) in [6.07, 6.45) is 0.650. The zero-order valence-corrected chi connectivity index (χ0v) is 16.5.